The van der Waals surface area contributed by atoms with E-state index in [1.165, 1.54) is 5.56 Å². The van der Waals surface area contributed by atoms with Crippen LogP contribution in [0.2, 0.25) is 5.02 Å². The van der Waals surface area contributed by atoms with Gasteiger partial charge in [-0.2, -0.15) is 11.3 Å². The average molecular weight is 232 g/mol. The lowest BCUT2D eigenvalue weighted by Crippen LogP contribution is -2.34. The molecule has 1 aliphatic heterocycles. The summed E-state index contributed by atoms with van der Waals surface area (Å²) in [6, 6.07) is 0.478. The zero-order chi connectivity index (χ0) is 9.97. The molecule has 2 heterocycles. The summed E-state index contributed by atoms with van der Waals surface area (Å²) < 4.78 is 5.47. The maximum absolute atomic E-state index is 6.00. The van der Waals surface area contributed by atoms with Gasteiger partial charge in [-0.25, -0.2) is 0 Å². The van der Waals surface area contributed by atoms with E-state index in [9.17, 15) is 0 Å². The number of ether oxygens (including phenoxy) is 1. The van der Waals surface area contributed by atoms with Gasteiger partial charge in [0.1, 0.15) is 0 Å². The van der Waals surface area contributed by atoms with Gasteiger partial charge in [0.15, 0.2) is 0 Å². The minimum atomic E-state index is 0.326. The lowest BCUT2D eigenvalue weighted by Gasteiger charge is -2.15. The van der Waals surface area contributed by atoms with E-state index in [2.05, 4.69) is 17.6 Å². The summed E-state index contributed by atoms with van der Waals surface area (Å²) in [5.74, 6) is 0. The number of rotatable bonds is 3. The minimum absolute atomic E-state index is 0.326. The van der Waals surface area contributed by atoms with Crippen molar-refractivity contribution in [1.29, 1.82) is 0 Å². The Hall–Kier alpha value is -0.0900. The number of hydrogen-bond acceptors (Lipinski definition) is 3. The molecule has 14 heavy (non-hydrogen) atoms. The van der Waals surface area contributed by atoms with E-state index in [-0.39, 0.29) is 0 Å². The van der Waals surface area contributed by atoms with E-state index >= 15 is 0 Å². The van der Waals surface area contributed by atoms with E-state index in [4.69, 9.17) is 16.3 Å². The predicted molar refractivity (Wildman–Crippen MR) is 60.0 cm³/mol. The smallest absolute Gasteiger partial charge is 0.0700 e. The minimum Gasteiger partial charge on any atom is -0.377 e. The third-order valence-corrected chi connectivity index (χ3v) is 3.89. The Balaban J connectivity index is 1.85. The summed E-state index contributed by atoms with van der Waals surface area (Å²) in [6.45, 7) is 3.83. The molecule has 4 heteroatoms. The van der Waals surface area contributed by atoms with Gasteiger partial charge in [-0.3, -0.25) is 0 Å². The monoisotopic (exact) mass is 231 g/mol. The summed E-state index contributed by atoms with van der Waals surface area (Å²) in [5.41, 5.74) is 1.19. The van der Waals surface area contributed by atoms with Crippen molar-refractivity contribution in [2.24, 2.45) is 0 Å². The molecule has 2 rings (SSSR count). The first-order valence-corrected chi connectivity index (χ1v) is 6.15. The second kappa shape index (κ2) is 4.62. The fraction of sp³-hybridized carbons (Fsp3) is 0.600. The molecule has 2 unspecified atom stereocenters. The van der Waals surface area contributed by atoms with Crippen LogP contribution in [0.4, 0.5) is 0 Å². The van der Waals surface area contributed by atoms with Crippen molar-refractivity contribution in [1.82, 2.24) is 5.32 Å². The van der Waals surface area contributed by atoms with Crippen LogP contribution in [-0.2, 0) is 11.3 Å². The maximum Gasteiger partial charge on any atom is 0.0700 e. The Bertz CT molecular complexity index is 302. The summed E-state index contributed by atoms with van der Waals surface area (Å²) in [6.07, 6.45) is 1.43. The van der Waals surface area contributed by atoms with Crippen molar-refractivity contribution in [3.05, 3.63) is 21.3 Å². The molecule has 1 aromatic rings. The van der Waals surface area contributed by atoms with Crippen LogP contribution >= 0.6 is 22.9 Å². The predicted octanol–water partition coefficient (Wildman–Crippen LogP) is 2.67. The molecule has 0 amide bonds. The van der Waals surface area contributed by atoms with Gasteiger partial charge in [-0.15, -0.1) is 0 Å². The first-order chi connectivity index (χ1) is 6.77. The molecule has 1 N–H and O–H groups in total. The van der Waals surface area contributed by atoms with Crippen LogP contribution in [0, 0.1) is 0 Å². The highest BCUT2D eigenvalue weighted by atomic mass is 35.5. The van der Waals surface area contributed by atoms with Crippen molar-refractivity contribution in [2.75, 3.05) is 6.61 Å². The first-order valence-electron chi connectivity index (χ1n) is 4.83. The zero-order valence-electron chi connectivity index (χ0n) is 8.13. The van der Waals surface area contributed by atoms with Crippen LogP contribution in [0.5, 0.6) is 0 Å². The lowest BCUT2D eigenvalue weighted by atomic mass is 10.1. The fourth-order valence-corrected chi connectivity index (χ4v) is 2.73. The fourth-order valence-electron chi connectivity index (χ4n) is 1.67. The van der Waals surface area contributed by atoms with Crippen LogP contribution in [0.15, 0.2) is 10.8 Å². The SMILES string of the molecule is CC1OCCC1NCc1cscc1Cl. The molecule has 0 bridgehead atoms. The van der Waals surface area contributed by atoms with Crippen molar-refractivity contribution in [3.63, 3.8) is 0 Å². The lowest BCUT2D eigenvalue weighted by molar-refractivity contribution is 0.113. The molecule has 0 saturated carbocycles. The van der Waals surface area contributed by atoms with Gasteiger partial charge in [-0.1, -0.05) is 11.6 Å². The maximum atomic E-state index is 6.00. The molecule has 1 aromatic heterocycles. The third-order valence-electron chi connectivity index (χ3n) is 2.62. The highest BCUT2D eigenvalue weighted by molar-refractivity contribution is 7.08. The highest BCUT2D eigenvalue weighted by Crippen LogP contribution is 2.21. The molecule has 1 fully saturated rings. The largest absolute Gasteiger partial charge is 0.377 e. The summed E-state index contributed by atoms with van der Waals surface area (Å²) in [5, 5.41) is 8.40. The second-order valence-corrected chi connectivity index (χ2v) is 4.75. The summed E-state index contributed by atoms with van der Waals surface area (Å²) in [7, 11) is 0. The van der Waals surface area contributed by atoms with Crippen molar-refractivity contribution < 1.29 is 4.74 Å². The van der Waals surface area contributed by atoms with Gasteiger partial charge < -0.3 is 10.1 Å². The summed E-state index contributed by atoms with van der Waals surface area (Å²) >= 11 is 7.65. The molecular formula is C10H14ClNOS. The molecule has 0 aliphatic carbocycles. The van der Waals surface area contributed by atoms with Crippen molar-refractivity contribution >= 4 is 22.9 Å². The zero-order valence-corrected chi connectivity index (χ0v) is 9.70. The number of nitrogens with one attached hydrogen (secondary N) is 1. The summed E-state index contributed by atoms with van der Waals surface area (Å²) in [4.78, 5) is 0. The van der Waals surface area contributed by atoms with Gasteiger partial charge in [0.2, 0.25) is 0 Å². The van der Waals surface area contributed by atoms with Crippen LogP contribution < -0.4 is 5.32 Å². The van der Waals surface area contributed by atoms with Crippen LogP contribution in [0.3, 0.4) is 0 Å². The molecule has 1 aliphatic rings. The first kappa shape index (κ1) is 10.4. The van der Waals surface area contributed by atoms with Gasteiger partial charge in [0.25, 0.3) is 0 Å². The highest BCUT2D eigenvalue weighted by Gasteiger charge is 2.23. The molecule has 1 saturated heterocycles. The standard InChI is InChI=1S/C10H14ClNOS/c1-7-10(2-3-13-7)12-4-8-5-14-6-9(8)11/h5-7,10,12H,2-4H2,1H3. The Labute approximate surface area is 93.2 Å². The van der Waals surface area contributed by atoms with Gasteiger partial charge >= 0.3 is 0 Å². The van der Waals surface area contributed by atoms with Gasteiger partial charge in [0, 0.05) is 24.6 Å². The van der Waals surface area contributed by atoms with Crippen LogP contribution in [-0.4, -0.2) is 18.8 Å². The molecule has 78 valence electrons. The van der Waals surface area contributed by atoms with E-state index in [0.717, 1.165) is 24.6 Å². The number of halogens is 1. The third kappa shape index (κ3) is 2.28. The Morgan fingerprint density at radius 3 is 3.07 bits per heavy atom. The normalized spacial score (nSPS) is 27.0. The van der Waals surface area contributed by atoms with Gasteiger partial charge in [0.05, 0.1) is 11.1 Å². The quantitative estimate of drug-likeness (QED) is 0.864. The molecule has 0 aromatic carbocycles. The topological polar surface area (TPSA) is 21.3 Å². The average Bonchev–Trinajstić information content (AvgIpc) is 2.72. The molecule has 2 atom stereocenters. The Kier molecular flexibility index (Phi) is 3.44. The Morgan fingerprint density at radius 1 is 1.64 bits per heavy atom. The van der Waals surface area contributed by atoms with E-state index in [0.29, 0.717) is 12.1 Å². The number of hydrogen-bond donors (Lipinski definition) is 1. The molecule has 2 nitrogen and oxygen atoms in total. The van der Waals surface area contributed by atoms with E-state index in [1.54, 1.807) is 11.3 Å². The molecule has 0 radical (unpaired) electrons. The van der Waals surface area contributed by atoms with Crippen molar-refractivity contribution in [2.45, 2.75) is 32.0 Å². The van der Waals surface area contributed by atoms with Crippen molar-refractivity contribution in [3.8, 4) is 0 Å². The molecule has 0 spiro atoms. The Morgan fingerprint density at radius 2 is 2.50 bits per heavy atom. The van der Waals surface area contributed by atoms with E-state index in [1.807, 2.05) is 5.38 Å². The van der Waals surface area contributed by atoms with E-state index < -0.39 is 0 Å². The molecular weight excluding hydrogens is 218 g/mol. The second-order valence-electron chi connectivity index (χ2n) is 3.60. The van der Waals surface area contributed by atoms with Gasteiger partial charge in [-0.05, 0) is 24.3 Å². The number of thiophene rings is 1. The van der Waals surface area contributed by atoms with Crippen LogP contribution in [0.1, 0.15) is 18.9 Å². The van der Waals surface area contributed by atoms with Crippen LogP contribution in [0.25, 0.3) is 0 Å².